The van der Waals surface area contributed by atoms with Crippen LogP contribution in [0.4, 0.5) is 0 Å². The van der Waals surface area contributed by atoms with E-state index in [1.165, 1.54) is 5.56 Å². The highest BCUT2D eigenvalue weighted by Gasteiger charge is 2.63. The lowest BCUT2D eigenvalue weighted by molar-refractivity contribution is -0.132. The number of carbonyl (C=O) groups is 2. The molecule has 2 fully saturated rings. The molecule has 1 aliphatic carbocycles. The number of benzene rings is 1. The second kappa shape index (κ2) is 7.90. The number of likely N-dealkylation sites (tertiary alicyclic amines) is 1. The first kappa shape index (κ1) is 20.1. The summed E-state index contributed by atoms with van der Waals surface area (Å²) in [6, 6.07) is 10.8. The third-order valence-corrected chi connectivity index (χ3v) is 6.85. The second-order valence-electron chi connectivity index (χ2n) is 9.35. The summed E-state index contributed by atoms with van der Waals surface area (Å²) in [5.74, 6) is 1.18. The minimum absolute atomic E-state index is 0.0459. The van der Waals surface area contributed by atoms with Gasteiger partial charge in [0.05, 0.1) is 0 Å². The molecule has 0 spiro atoms. The third-order valence-electron chi connectivity index (χ3n) is 6.85. The molecule has 3 aliphatic heterocycles. The molecule has 2 amide bonds. The first-order chi connectivity index (χ1) is 13.9. The summed E-state index contributed by atoms with van der Waals surface area (Å²) in [6.45, 7) is 6.88. The zero-order chi connectivity index (χ0) is 20.6. The van der Waals surface area contributed by atoms with E-state index < -0.39 is 11.4 Å². The van der Waals surface area contributed by atoms with Gasteiger partial charge in [-0.15, -0.1) is 0 Å². The van der Waals surface area contributed by atoms with Gasteiger partial charge in [-0.05, 0) is 30.2 Å². The molecule has 1 saturated heterocycles. The molecule has 0 aromatic heterocycles. The Balaban J connectivity index is 1.65. The molecule has 1 aromatic carbocycles. The van der Waals surface area contributed by atoms with Gasteiger partial charge in [-0.1, -0.05) is 44.2 Å². The van der Waals surface area contributed by atoms with Crippen LogP contribution in [0.2, 0.25) is 0 Å². The van der Waals surface area contributed by atoms with Gasteiger partial charge in [-0.2, -0.15) is 0 Å². The molecule has 5 atom stereocenters. The van der Waals surface area contributed by atoms with Gasteiger partial charge in [0.1, 0.15) is 5.54 Å². The van der Waals surface area contributed by atoms with E-state index in [2.05, 4.69) is 54.5 Å². The lowest BCUT2D eigenvalue weighted by Crippen LogP contribution is -2.64. The van der Waals surface area contributed by atoms with E-state index in [-0.39, 0.29) is 24.8 Å². The van der Waals surface area contributed by atoms with Crippen LogP contribution in [0.1, 0.15) is 32.3 Å². The summed E-state index contributed by atoms with van der Waals surface area (Å²) in [5, 5.41) is 2.97. The van der Waals surface area contributed by atoms with Crippen molar-refractivity contribution in [2.75, 3.05) is 19.6 Å². The molecule has 5 rings (SSSR count). The van der Waals surface area contributed by atoms with Crippen LogP contribution in [-0.4, -0.2) is 54.1 Å². The van der Waals surface area contributed by atoms with Gasteiger partial charge < -0.3 is 11.1 Å². The first-order valence-electron chi connectivity index (χ1n) is 10.8. The maximum Gasteiger partial charge on any atom is 0.248 e. The van der Waals surface area contributed by atoms with E-state index in [9.17, 15) is 9.59 Å². The molecule has 29 heavy (non-hydrogen) atoms. The summed E-state index contributed by atoms with van der Waals surface area (Å²) in [5.41, 5.74) is 5.75. The number of carbonyl (C=O) groups excluding carboxylic acids is 2. The van der Waals surface area contributed by atoms with E-state index in [1.54, 1.807) is 0 Å². The first-order valence-corrected chi connectivity index (χ1v) is 10.8. The van der Waals surface area contributed by atoms with Gasteiger partial charge in [0.15, 0.2) is 0 Å². The van der Waals surface area contributed by atoms with Gasteiger partial charge >= 0.3 is 0 Å². The van der Waals surface area contributed by atoms with E-state index in [0.29, 0.717) is 23.8 Å². The highest BCUT2D eigenvalue weighted by Crippen LogP contribution is 2.53. The Hall–Kier alpha value is -2.21. The monoisotopic (exact) mass is 396 g/mol. The fourth-order valence-electron chi connectivity index (χ4n) is 5.80. The third kappa shape index (κ3) is 3.70. The van der Waals surface area contributed by atoms with Crippen LogP contribution in [0.3, 0.4) is 0 Å². The molecular formula is C23H32N4O2. The van der Waals surface area contributed by atoms with Crippen molar-refractivity contribution >= 4 is 18.0 Å². The minimum Gasteiger partial charge on any atom is -0.370 e. The summed E-state index contributed by atoms with van der Waals surface area (Å²) >= 11 is 0. The highest BCUT2D eigenvalue weighted by atomic mass is 16.2. The fraction of sp³-hybridized carbons (Fsp3) is 0.609. The molecule has 1 saturated carbocycles. The fourth-order valence-corrected chi connectivity index (χ4v) is 5.80. The van der Waals surface area contributed by atoms with Crippen LogP contribution in [0.15, 0.2) is 35.3 Å². The van der Waals surface area contributed by atoms with Crippen molar-refractivity contribution in [1.29, 1.82) is 0 Å². The van der Waals surface area contributed by atoms with Crippen molar-refractivity contribution in [3.8, 4) is 0 Å². The summed E-state index contributed by atoms with van der Waals surface area (Å²) in [6.07, 6.45) is 3.85. The number of nitrogens with two attached hydrogens (primary N) is 1. The number of hydrogen-bond donors (Lipinski definition) is 2. The Labute approximate surface area is 172 Å². The van der Waals surface area contributed by atoms with Gasteiger partial charge in [0.25, 0.3) is 0 Å². The maximum absolute atomic E-state index is 13.4. The van der Waals surface area contributed by atoms with Crippen molar-refractivity contribution in [2.24, 2.45) is 34.4 Å². The quantitative estimate of drug-likeness (QED) is 0.700. The number of amides is 2. The van der Waals surface area contributed by atoms with Crippen molar-refractivity contribution in [3.05, 3.63) is 35.9 Å². The van der Waals surface area contributed by atoms with Crippen LogP contribution in [0.25, 0.3) is 0 Å². The van der Waals surface area contributed by atoms with E-state index in [0.717, 1.165) is 25.9 Å². The number of primary amides is 1. The van der Waals surface area contributed by atoms with Crippen molar-refractivity contribution in [1.82, 2.24) is 10.2 Å². The van der Waals surface area contributed by atoms with Crippen LogP contribution in [-0.2, 0) is 16.0 Å². The maximum atomic E-state index is 13.4. The summed E-state index contributed by atoms with van der Waals surface area (Å²) in [4.78, 5) is 32.0. The standard InChI is InChI=1S/C23H32N4O2/c1-15(2)13-27-14-17-11-23(22(29)25-9-8-20(24)28)19(21(27)18(17)12-26-23)10-16-6-4-3-5-7-16/h3-7,12,15,17-19,21H,8-11,13-14H2,1-2H3,(H2,24,28)(H,25,29)/t17-,18-,19+,21+,23+/m1/s1. The highest BCUT2D eigenvalue weighted by molar-refractivity contribution is 5.91. The van der Waals surface area contributed by atoms with Gasteiger partial charge in [-0.25, -0.2) is 0 Å². The van der Waals surface area contributed by atoms with Crippen LogP contribution in [0.5, 0.6) is 0 Å². The van der Waals surface area contributed by atoms with Gasteiger partial charge in [0.2, 0.25) is 11.8 Å². The van der Waals surface area contributed by atoms with Crippen LogP contribution < -0.4 is 11.1 Å². The lowest BCUT2D eigenvalue weighted by Gasteiger charge is -2.51. The Bertz CT molecular complexity index is 793. The molecule has 4 aliphatic rings. The second-order valence-corrected chi connectivity index (χ2v) is 9.35. The molecule has 6 heteroatoms. The van der Waals surface area contributed by atoms with Gasteiger partial charge in [-0.3, -0.25) is 19.5 Å². The smallest absolute Gasteiger partial charge is 0.248 e. The minimum atomic E-state index is -0.747. The van der Waals surface area contributed by atoms with E-state index in [1.807, 2.05) is 6.07 Å². The molecule has 1 aromatic rings. The van der Waals surface area contributed by atoms with Crippen LogP contribution >= 0.6 is 0 Å². The zero-order valence-electron chi connectivity index (χ0n) is 17.4. The molecule has 0 unspecified atom stereocenters. The average molecular weight is 397 g/mol. The number of hydrogen-bond acceptors (Lipinski definition) is 4. The molecule has 3 N–H and O–H groups in total. The number of nitrogens with zero attached hydrogens (tertiary/aromatic N) is 2. The molecular weight excluding hydrogens is 364 g/mol. The Morgan fingerprint density at radius 1 is 1.31 bits per heavy atom. The number of nitrogens with one attached hydrogen (secondary N) is 1. The SMILES string of the molecule is CC(C)CN1C[C@H]2C[C@]3(C(=O)NCCC(N)=O)N=C[C@H]2[C@H]1[C@@H]3Cc1ccccc1. The number of rotatable bonds is 8. The van der Waals surface area contributed by atoms with E-state index >= 15 is 0 Å². The predicted octanol–water partition coefficient (Wildman–Crippen LogP) is 1.64. The summed E-state index contributed by atoms with van der Waals surface area (Å²) in [7, 11) is 0. The van der Waals surface area contributed by atoms with Crippen molar-refractivity contribution < 1.29 is 9.59 Å². The van der Waals surface area contributed by atoms with E-state index in [4.69, 9.17) is 10.7 Å². The molecule has 156 valence electrons. The molecule has 4 bridgehead atoms. The summed E-state index contributed by atoms with van der Waals surface area (Å²) < 4.78 is 0. The van der Waals surface area contributed by atoms with Crippen molar-refractivity contribution in [3.63, 3.8) is 0 Å². The Morgan fingerprint density at radius 3 is 2.76 bits per heavy atom. The zero-order valence-corrected chi connectivity index (χ0v) is 17.4. The largest absolute Gasteiger partial charge is 0.370 e. The van der Waals surface area contributed by atoms with Crippen LogP contribution in [0, 0.1) is 23.7 Å². The normalized spacial score (nSPS) is 32.7. The molecule has 3 heterocycles. The lowest BCUT2D eigenvalue weighted by atomic mass is 9.59. The molecule has 6 nitrogen and oxygen atoms in total. The topological polar surface area (TPSA) is 87.8 Å². The average Bonchev–Trinajstić information content (AvgIpc) is 2.97. The van der Waals surface area contributed by atoms with Gasteiger partial charge in [0, 0.05) is 50.1 Å². The molecule has 0 radical (unpaired) electrons. The Kier molecular flexibility index (Phi) is 5.47. The Morgan fingerprint density at radius 2 is 2.07 bits per heavy atom. The predicted molar refractivity (Wildman–Crippen MR) is 113 cm³/mol. The number of aliphatic imine (C=N–C) groups is 1. The van der Waals surface area contributed by atoms with Crippen molar-refractivity contribution in [2.45, 2.75) is 44.7 Å².